The Kier molecular flexibility index (Phi) is 4.80. The Morgan fingerprint density at radius 1 is 1.03 bits per heavy atom. The quantitative estimate of drug-likeness (QED) is 0.503. The van der Waals surface area contributed by atoms with Crippen LogP contribution < -0.4 is 4.90 Å². The van der Waals surface area contributed by atoms with E-state index in [4.69, 9.17) is 0 Å². The molecule has 1 aliphatic heterocycles. The van der Waals surface area contributed by atoms with Gasteiger partial charge < -0.3 is 14.8 Å². The number of aromatic amines is 2. The summed E-state index contributed by atoms with van der Waals surface area (Å²) in [7, 11) is 2.15. The smallest absolute Gasteiger partial charge is 0.168 e. The van der Waals surface area contributed by atoms with Gasteiger partial charge in [-0.15, -0.1) is 0 Å². The number of Topliss-reactive ketones (excluding diaryl/α,β-unsaturated/α-hetero) is 1. The molecule has 7 nitrogen and oxygen atoms in total. The van der Waals surface area contributed by atoms with Gasteiger partial charge in [0.05, 0.1) is 17.5 Å². The van der Waals surface area contributed by atoms with E-state index in [9.17, 15) is 4.79 Å². The first-order valence-electron chi connectivity index (χ1n) is 10.2. The normalized spacial score (nSPS) is 15.0. The first-order valence-corrected chi connectivity index (χ1v) is 10.2. The molecular weight excluding hydrogens is 376 g/mol. The predicted molar refractivity (Wildman–Crippen MR) is 118 cm³/mol. The fourth-order valence-corrected chi connectivity index (χ4v) is 3.85. The lowest BCUT2D eigenvalue weighted by molar-refractivity contribution is 0.0992. The molecule has 3 heterocycles. The van der Waals surface area contributed by atoms with Crippen LogP contribution >= 0.6 is 0 Å². The minimum atomic E-state index is 0.0692. The van der Waals surface area contributed by atoms with Gasteiger partial charge in [0.2, 0.25) is 0 Å². The van der Waals surface area contributed by atoms with Crippen LogP contribution in [0.25, 0.3) is 22.6 Å². The Balaban J connectivity index is 1.26. The van der Waals surface area contributed by atoms with E-state index >= 15 is 0 Å². The summed E-state index contributed by atoms with van der Waals surface area (Å²) in [4.78, 5) is 25.3. The number of nitrogens with zero attached hydrogens (tertiary/aromatic N) is 4. The van der Waals surface area contributed by atoms with E-state index in [0.717, 1.165) is 42.9 Å². The number of para-hydroxylation sites is 2. The van der Waals surface area contributed by atoms with E-state index in [-0.39, 0.29) is 12.2 Å². The molecular formula is C23H24N6O. The van der Waals surface area contributed by atoms with Gasteiger partial charge in [0.1, 0.15) is 5.69 Å². The number of imidazole rings is 1. The number of carbonyl (C=O) groups is 1. The van der Waals surface area contributed by atoms with Crippen molar-refractivity contribution in [2.75, 3.05) is 38.1 Å². The molecule has 0 saturated carbocycles. The van der Waals surface area contributed by atoms with Crippen molar-refractivity contribution in [2.45, 2.75) is 6.42 Å². The molecule has 1 fully saturated rings. The Labute approximate surface area is 174 Å². The number of hydrogen-bond acceptors (Lipinski definition) is 5. The zero-order chi connectivity index (χ0) is 20.5. The van der Waals surface area contributed by atoms with Crippen LogP contribution in [-0.2, 0) is 6.42 Å². The first kappa shape index (κ1) is 18.6. The van der Waals surface area contributed by atoms with Crippen molar-refractivity contribution in [3.05, 3.63) is 65.9 Å². The summed E-state index contributed by atoms with van der Waals surface area (Å²) in [6, 6.07) is 17.7. The molecule has 5 rings (SSSR count). The highest BCUT2D eigenvalue weighted by Gasteiger charge is 2.16. The van der Waals surface area contributed by atoms with Crippen molar-refractivity contribution in [1.82, 2.24) is 25.1 Å². The fraction of sp³-hybridized carbons (Fsp3) is 0.261. The second-order valence-electron chi connectivity index (χ2n) is 7.82. The number of anilines is 1. The molecule has 0 unspecified atom stereocenters. The maximum atomic E-state index is 12.7. The van der Waals surface area contributed by atoms with E-state index in [2.05, 4.69) is 37.0 Å². The number of aromatic nitrogens is 4. The molecule has 1 saturated heterocycles. The fourth-order valence-electron chi connectivity index (χ4n) is 3.85. The molecule has 1 aliphatic rings. The van der Waals surface area contributed by atoms with E-state index in [1.54, 1.807) is 0 Å². The summed E-state index contributed by atoms with van der Waals surface area (Å²) in [6.45, 7) is 4.16. The average Bonchev–Trinajstić information content (AvgIpc) is 3.41. The number of fused-ring (bicyclic) bond motifs is 1. The summed E-state index contributed by atoms with van der Waals surface area (Å²) in [6.07, 6.45) is 0.279. The lowest BCUT2D eigenvalue weighted by Crippen LogP contribution is -2.44. The van der Waals surface area contributed by atoms with Crippen LogP contribution in [0.1, 0.15) is 16.1 Å². The molecule has 4 aromatic rings. The van der Waals surface area contributed by atoms with Gasteiger partial charge in [0, 0.05) is 43.1 Å². The lowest BCUT2D eigenvalue weighted by Gasteiger charge is -2.34. The zero-order valence-corrected chi connectivity index (χ0v) is 16.9. The molecule has 2 N–H and O–H groups in total. The Morgan fingerprint density at radius 2 is 1.80 bits per heavy atom. The zero-order valence-electron chi connectivity index (χ0n) is 16.9. The Hall–Kier alpha value is -3.45. The van der Waals surface area contributed by atoms with E-state index < -0.39 is 0 Å². The van der Waals surface area contributed by atoms with Gasteiger partial charge in [-0.2, -0.15) is 5.10 Å². The SMILES string of the molecule is CN1CCN(c2ccc(C(=O)Cc3cc(-c4nc5ccccc5[nH]4)n[nH]3)cc2)CC1. The van der Waals surface area contributed by atoms with Crippen molar-refractivity contribution in [3.8, 4) is 11.5 Å². The number of carbonyl (C=O) groups excluding carboxylic acids is 1. The molecule has 0 atom stereocenters. The van der Waals surface area contributed by atoms with Gasteiger partial charge in [-0.25, -0.2) is 4.98 Å². The van der Waals surface area contributed by atoms with Gasteiger partial charge in [-0.3, -0.25) is 9.89 Å². The van der Waals surface area contributed by atoms with Crippen LogP contribution in [0, 0.1) is 0 Å². The number of likely N-dealkylation sites (N-methyl/N-ethyl adjacent to an activating group) is 1. The molecule has 0 amide bonds. The second-order valence-corrected chi connectivity index (χ2v) is 7.82. The first-order chi connectivity index (χ1) is 14.7. The van der Waals surface area contributed by atoms with Crippen LogP contribution in [0.4, 0.5) is 5.69 Å². The average molecular weight is 400 g/mol. The van der Waals surface area contributed by atoms with Gasteiger partial charge in [0.25, 0.3) is 0 Å². The topological polar surface area (TPSA) is 80.9 Å². The summed E-state index contributed by atoms with van der Waals surface area (Å²) in [5, 5.41) is 7.30. The molecule has 0 bridgehead atoms. The molecule has 152 valence electrons. The molecule has 30 heavy (non-hydrogen) atoms. The van der Waals surface area contributed by atoms with Gasteiger partial charge in [-0.05, 0) is 49.5 Å². The number of rotatable bonds is 5. The third-order valence-corrected chi connectivity index (χ3v) is 5.67. The monoisotopic (exact) mass is 400 g/mol. The molecule has 2 aromatic heterocycles. The summed E-state index contributed by atoms with van der Waals surface area (Å²) >= 11 is 0. The highest BCUT2D eigenvalue weighted by molar-refractivity contribution is 5.97. The molecule has 0 spiro atoms. The number of H-pyrrole nitrogens is 2. The van der Waals surface area contributed by atoms with E-state index in [0.29, 0.717) is 17.1 Å². The Bertz CT molecular complexity index is 1130. The van der Waals surface area contributed by atoms with Crippen molar-refractivity contribution in [3.63, 3.8) is 0 Å². The van der Waals surface area contributed by atoms with Crippen molar-refractivity contribution in [1.29, 1.82) is 0 Å². The van der Waals surface area contributed by atoms with Crippen molar-refractivity contribution in [2.24, 2.45) is 0 Å². The molecule has 0 aliphatic carbocycles. The van der Waals surface area contributed by atoms with Crippen LogP contribution in [0.3, 0.4) is 0 Å². The second kappa shape index (κ2) is 7.76. The van der Waals surface area contributed by atoms with E-state index in [1.807, 2.05) is 54.6 Å². The van der Waals surface area contributed by atoms with Crippen LogP contribution in [0.5, 0.6) is 0 Å². The van der Waals surface area contributed by atoms with Crippen LogP contribution in [-0.4, -0.2) is 64.1 Å². The lowest BCUT2D eigenvalue weighted by atomic mass is 10.1. The number of ketones is 1. The third kappa shape index (κ3) is 3.71. The predicted octanol–water partition coefficient (Wildman–Crippen LogP) is 3.13. The number of nitrogens with one attached hydrogen (secondary N) is 2. The minimum absolute atomic E-state index is 0.0692. The summed E-state index contributed by atoms with van der Waals surface area (Å²) < 4.78 is 0. The third-order valence-electron chi connectivity index (χ3n) is 5.67. The van der Waals surface area contributed by atoms with Gasteiger partial charge in [0.15, 0.2) is 11.6 Å². The van der Waals surface area contributed by atoms with Crippen LogP contribution in [0.2, 0.25) is 0 Å². The summed E-state index contributed by atoms with van der Waals surface area (Å²) in [5.41, 5.74) is 5.24. The highest BCUT2D eigenvalue weighted by Crippen LogP contribution is 2.21. The van der Waals surface area contributed by atoms with Crippen molar-refractivity contribution >= 4 is 22.5 Å². The standard InChI is InChI=1S/C23H24N6O/c1-28-10-12-29(13-11-28)18-8-6-16(7-9-18)22(30)15-17-14-21(27-26-17)23-24-19-4-2-3-5-20(19)25-23/h2-9,14H,10-13,15H2,1H3,(H,24,25)(H,26,27). The highest BCUT2D eigenvalue weighted by atomic mass is 16.1. The number of hydrogen-bond donors (Lipinski definition) is 2. The largest absolute Gasteiger partial charge is 0.369 e. The van der Waals surface area contributed by atoms with Crippen LogP contribution in [0.15, 0.2) is 54.6 Å². The molecule has 7 heteroatoms. The summed E-state index contributed by atoms with van der Waals surface area (Å²) in [5.74, 6) is 0.766. The van der Waals surface area contributed by atoms with Gasteiger partial charge >= 0.3 is 0 Å². The minimum Gasteiger partial charge on any atom is -0.369 e. The number of piperazine rings is 1. The van der Waals surface area contributed by atoms with Crippen molar-refractivity contribution < 1.29 is 4.79 Å². The van der Waals surface area contributed by atoms with Gasteiger partial charge in [-0.1, -0.05) is 12.1 Å². The maximum absolute atomic E-state index is 12.7. The molecule has 0 radical (unpaired) electrons. The maximum Gasteiger partial charge on any atom is 0.168 e. The molecule has 2 aromatic carbocycles. The Morgan fingerprint density at radius 3 is 2.57 bits per heavy atom. The number of benzene rings is 2. The van der Waals surface area contributed by atoms with E-state index in [1.165, 1.54) is 5.69 Å².